The molecule has 1 aromatic rings. The molecule has 4 N–H and O–H groups in total. The standard InChI is InChI=1S/C17H27N3O4S/c1-6-24-14-10-17(18,16(14,3)4)15(21)19-12-8-7-11(2)13(9-12)20-25(5,22)23/h7-9,14,20H,6,10,18H2,1-5H3,(H,19,21). The monoisotopic (exact) mass is 369 g/mol. The van der Waals surface area contributed by atoms with Crippen molar-refractivity contribution in [3.05, 3.63) is 23.8 Å². The number of nitrogens with one attached hydrogen (secondary N) is 2. The highest BCUT2D eigenvalue weighted by molar-refractivity contribution is 7.92. The van der Waals surface area contributed by atoms with Crippen molar-refractivity contribution < 1.29 is 17.9 Å². The molecule has 1 aliphatic rings. The van der Waals surface area contributed by atoms with E-state index in [4.69, 9.17) is 10.5 Å². The van der Waals surface area contributed by atoms with Crippen molar-refractivity contribution in [2.75, 3.05) is 22.9 Å². The minimum absolute atomic E-state index is 0.0614. The molecule has 0 spiro atoms. The van der Waals surface area contributed by atoms with E-state index >= 15 is 0 Å². The summed E-state index contributed by atoms with van der Waals surface area (Å²) in [6.45, 7) is 8.11. The molecule has 2 atom stereocenters. The van der Waals surface area contributed by atoms with Gasteiger partial charge in [-0.15, -0.1) is 0 Å². The van der Waals surface area contributed by atoms with Crippen molar-refractivity contribution in [3.8, 4) is 0 Å². The number of aryl methyl sites for hydroxylation is 1. The molecule has 140 valence electrons. The number of rotatable bonds is 6. The Morgan fingerprint density at radius 3 is 2.56 bits per heavy atom. The molecule has 0 aliphatic heterocycles. The van der Waals surface area contributed by atoms with Gasteiger partial charge in [-0.25, -0.2) is 8.42 Å². The Bertz CT molecular complexity index is 776. The van der Waals surface area contributed by atoms with Gasteiger partial charge in [0, 0.05) is 24.1 Å². The van der Waals surface area contributed by atoms with Crippen molar-refractivity contribution in [1.29, 1.82) is 0 Å². The van der Waals surface area contributed by atoms with Crippen LogP contribution in [0.25, 0.3) is 0 Å². The van der Waals surface area contributed by atoms with Gasteiger partial charge in [0.1, 0.15) is 5.54 Å². The second kappa shape index (κ2) is 6.59. The van der Waals surface area contributed by atoms with E-state index in [1.54, 1.807) is 25.1 Å². The number of carbonyl (C=O) groups excluding carboxylic acids is 1. The zero-order chi connectivity index (χ0) is 19.0. The minimum atomic E-state index is -3.40. The van der Waals surface area contributed by atoms with Crippen LogP contribution in [0.1, 0.15) is 32.8 Å². The number of benzene rings is 1. The number of ether oxygens (including phenoxy) is 1. The van der Waals surface area contributed by atoms with Crippen LogP contribution in [0.2, 0.25) is 0 Å². The summed E-state index contributed by atoms with van der Waals surface area (Å²) >= 11 is 0. The van der Waals surface area contributed by atoms with E-state index in [0.29, 0.717) is 24.4 Å². The zero-order valence-corrected chi connectivity index (χ0v) is 16.2. The van der Waals surface area contributed by atoms with E-state index in [-0.39, 0.29) is 12.0 Å². The Labute approximate surface area is 149 Å². The molecule has 1 aromatic carbocycles. The summed E-state index contributed by atoms with van der Waals surface area (Å²) in [6.07, 6.45) is 1.46. The van der Waals surface area contributed by atoms with E-state index in [9.17, 15) is 13.2 Å². The van der Waals surface area contributed by atoms with Crippen molar-refractivity contribution in [2.24, 2.45) is 11.1 Å². The van der Waals surface area contributed by atoms with Gasteiger partial charge in [0.25, 0.3) is 0 Å². The maximum atomic E-state index is 12.7. The minimum Gasteiger partial charge on any atom is -0.378 e. The highest BCUT2D eigenvalue weighted by Gasteiger charge is 2.62. The fourth-order valence-electron chi connectivity index (χ4n) is 3.07. The van der Waals surface area contributed by atoms with Gasteiger partial charge in [-0.2, -0.15) is 0 Å². The third kappa shape index (κ3) is 3.80. The van der Waals surface area contributed by atoms with Gasteiger partial charge < -0.3 is 15.8 Å². The molecule has 7 nitrogen and oxygen atoms in total. The third-order valence-corrected chi connectivity index (χ3v) is 5.62. The topological polar surface area (TPSA) is 111 Å². The summed E-state index contributed by atoms with van der Waals surface area (Å²) in [7, 11) is -3.40. The lowest BCUT2D eigenvalue weighted by Gasteiger charge is -2.57. The highest BCUT2D eigenvalue weighted by Crippen LogP contribution is 2.50. The number of hydrogen-bond donors (Lipinski definition) is 3. The predicted molar refractivity (Wildman–Crippen MR) is 99.0 cm³/mol. The molecule has 0 bridgehead atoms. The van der Waals surface area contributed by atoms with Crippen LogP contribution in [-0.4, -0.2) is 38.8 Å². The Kier molecular flexibility index (Phi) is 5.18. The molecule has 0 saturated heterocycles. The number of nitrogens with two attached hydrogens (primary N) is 1. The first-order valence-corrected chi connectivity index (χ1v) is 10.1. The maximum absolute atomic E-state index is 12.7. The van der Waals surface area contributed by atoms with E-state index in [1.807, 2.05) is 20.8 Å². The van der Waals surface area contributed by atoms with E-state index in [2.05, 4.69) is 10.0 Å². The fourth-order valence-corrected chi connectivity index (χ4v) is 3.69. The number of carbonyl (C=O) groups is 1. The van der Waals surface area contributed by atoms with Gasteiger partial charge in [0.15, 0.2) is 0 Å². The molecule has 1 fully saturated rings. The quantitative estimate of drug-likeness (QED) is 0.708. The molecular weight excluding hydrogens is 342 g/mol. The van der Waals surface area contributed by atoms with Gasteiger partial charge in [-0.3, -0.25) is 9.52 Å². The van der Waals surface area contributed by atoms with Crippen molar-refractivity contribution in [2.45, 2.75) is 45.8 Å². The summed E-state index contributed by atoms with van der Waals surface area (Å²) in [5, 5.41) is 2.80. The molecule has 8 heteroatoms. The summed E-state index contributed by atoms with van der Waals surface area (Å²) in [5.74, 6) is -0.303. The van der Waals surface area contributed by atoms with Gasteiger partial charge in [0.2, 0.25) is 15.9 Å². The molecule has 1 amide bonds. The van der Waals surface area contributed by atoms with E-state index < -0.39 is 21.0 Å². The SMILES string of the molecule is CCOC1CC(N)(C(=O)Nc2ccc(C)c(NS(C)(=O)=O)c2)C1(C)C. The molecule has 2 unspecified atom stereocenters. The summed E-state index contributed by atoms with van der Waals surface area (Å²) in [6, 6.07) is 5.04. The fraction of sp³-hybridized carbons (Fsp3) is 0.588. The van der Waals surface area contributed by atoms with Crippen LogP contribution in [0.3, 0.4) is 0 Å². The van der Waals surface area contributed by atoms with E-state index in [0.717, 1.165) is 11.8 Å². The molecule has 0 heterocycles. The summed E-state index contributed by atoms with van der Waals surface area (Å²) in [4.78, 5) is 12.7. The van der Waals surface area contributed by atoms with Crippen LogP contribution >= 0.6 is 0 Å². The van der Waals surface area contributed by atoms with Gasteiger partial charge in [-0.1, -0.05) is 19.9 Å². The lowest BCUT2D eigenvalue weighted by Crippen LogP contribution is -2.74. The number of sulfonamides is 1. The van der Waals surface area contributed by atoms with Crippen molar-refractivity contribution in [3.63, 3.8) is 0 Å². The number of anilines is 2. The average Bonchev–Trinajstić information content (AvgIpc) is 2.48. The molecule has 1 aliphatic carbocycles. The second-order valence-corrected chi connectivity index (χ2v) is 8.95. The Hall–Kier alpha value is -1.64. The largest absolute Gasteiger partial charge is 0.378 e. The van der Waals surface area contributed by atoms with Gasteiger partial charge in [-0.05, 0) is 31.5 Å². The molecular formula is C17H27N3O4S. The Morgan fingerprint density at radius 2 is 2.04 bits per heavy atom. The predicted octanol–water partition coefficient (Wildman–Crippen LogP) is 1.84. The molecule has 0 aromatic heterocycles. The Balaban J connectivity index is 2.17. The van der Waals surface area contributed by atoms with Crippen LogP contribution in [0.15, 0.2) is 18.2 Å². The van der Waals surface area contributed by atoms with Crippen molar-refractivity contribution in [1.82, 2.24) is 0 Å². The molecule has 25 heavy (non-hydrogen) atoms. The molecule has 1 saturated carbocycles. The first kappa shape index (κ1) is 19.7. The normalized spacial score (nSPS) is 25.1. The lowest BCUT2D eigenvalue weighted by atomic mass is 9.54. The summed E-state index contributed by atoms with van der Waals surface area (Å²) in [5.41, 5.74) is 6.49. The van der Waals surface area contributed by atoms with Crippen LogP contribution in [0, 0.1) is 12.3 Å². The highest BCUT2D eigenvalue weighted by atomic mass is 32.2. The third-order valence-electron chi connectivity index (χ3n) is 5.03. The smallest absolute Gasteiger partial charge is 0.245 e. The maximum Gasteiger partial charge on any atom is 0.245 e. The van der Waals surface area contributed by atoms with Crippen LogP contribution in [0.4, 0.5) is 11.4 Å². The number of amides is 1. The van der Waals surface area contributed by atoms with Gasteiger partial charge >= 0.3 is 0 Å². The average molecular weight is 369 g/mol. The van der Waals surface area contributed by atoms with Crippen LogP contribution < -0.4 is 15.8 Å². The van der Waals surface area contributed by atoms with Crippen LogP contribution in [-0.2, 0) is 19.6 Å². The van der Waals surface area contributed by atoms with Crippen molar-refractivity contribution >= 4 is 27.3 Å². The first-order chi connectivity index (χ1) is 11.4. The van der Waals surface area contributed by atoms with E-state index in [1.165, 1.54) is 0 Å². The van der Waals surface area contributed by atoms with Crippen LogP contribution in [0.5, 0.6) is 0 Å². The molecule has 0 radical (unpaired) electrons. The lowest BCUT2D eigenvalue weighted by molar-refractivity contribution is -0.166. The zero-order valence-electron chi connectivity index (χ0n) is 15.3. The Morgan fingerprint density at radius 1 is 1.40 bits per heavy atom. The number of hydrogen-bond acceptors (Lipinski definition) is 5. The van der Waals surface area contributed by atoms with Gasteiger partial charge in [0.05, 0.1) is 18.0 Å². The second-order valence-electron chi connectivity index (χ2n) is 7.20. The first-order valence-electron chi connectivity index (χ1n) is 8.21. The molecule has 2 rings (SSSR count). The summed E-state index contributed by atoms with van der Waals surface area (Å²) < 4.78 is 31.0.